The molecule has 4 atom stereocenters. The highest BCUT2D eigenvalue weighted by Crippen LogP contribution is 2.31. The van der Waals surface area contributed by atoms with Crippen molar-refractivity contribution in [2.45, 2.75) is 51.5 Å². The normalized spacial score (nSPS) is 26.5. The van der Waals surface area contributed by atoms with Crippen LogP contribution in [-0.2, 0) is 19.1 Å². The Bertz CT molecular complexity index is 553. The zero-order chi connectivity index (χ0) is 17.9. The van der Waals surface area contributed by atoms with Gasteiger partial charge in [-0.2, -0.15) is 0 Å². The Kier molecular flexibility index (Phi) is 6.15. The van der Waals surface area contributed by atoms with Gasteiger partial charge in [-0.15, -0.1) is 0 Å². The number of allylic oxidation sites excluding steroid dienone is 1. The molecule has 2 N–H and O–H groups in total. The largest absolute Gasteiger partial charge is 0.459 e. The molecule has 0 aromatic heterocycles. The van der Waals surface area contributed by atoms with Gasteiger partial charge in [-0.1, -0.05) is 12.2 Å². The Morgan fingerprint density at radius 1 is 1.46 bits per heavy atom. The van der Waals surface area contributed by atoms with Crippen molar-refractivity contribution in [2.75, 3.05) is 19.7 Å². The van der Waals surface area contributed by atoms with Crippen LogP contribution in [0, 0.1) is 0 Å². The van der Waals surface area contributed by atoms with E-state index in [0.29, 0.717) is 12.1 Å². The predicted molar refractivity (Wildman–Crippen MR) is 86.0 cm³/mol. The number of ether oxygens (including phenoxy) is 2. The maximum absolute atomic E-state index is 12.0. The fraction of sp³-hybridized carbons (Fsp3) is 0.647. The third-order valence-electron chi connectivity index (χ3n) is 4.51. The van der Waals surface area contributed by atoms with Crippen molar-refractivity contribution in [3.8, 4) is 0 Å². The molecule has 0 aliphatic carbocycles. The minimum atomic E-state index is -1.56. The Labute approximate surface area is 141 Å². The molecule has 2 heterocycles. The summed E-state index contributed by atoms with van der Waals surface area (Å²) >= 11 is 0. The highest BCUT2D eigenvalue weighted by molar-refractivity contribution is 5.87. The second-order valence-electron chi connectivity index (χ2n) is 6.22. The average Bonchev–Trinajstić information content (AvgIpc) is 3.14. The van der Waals surface area contributed by atoms with Crippen LogP contribution in [0.25, 0.3) is 0 Å². The minimum absolute atomic E-state index is 0.0143. The molecule has 0 unspecified atom stereocenters. The number of hydrogen-bond acceptors (Lipinski definition) is 7. The first kappa shape index (κ1) is 18.6. The molecule has 0 aromatic rings. The van der Waals surface area contributed by atoms with Gasteiger partial charge >= 0.3 is 11.9 Å². The summed E-state index contributed by atoms with van der Waals surface area (Å²) in [5, 5.41) is 18.7. The number of nitrogens with zero attached hydrogens (tertiary/aromatic N) is 1. The lowest BCUT2D eigenvalue weighted by Gasteiger charge is -2.24. The lowest BCUT2D eigenvalue weighted by atomic mass is 10.0. The number of hydrogen-bond donors (Lipinski definition) is 2. The molecule has 7 nitrogen and oxygen atoms in total. The fourth-order valence-electron chi connectivity index (χ4n) is 2.91. The zero-order valence-electron chi connectivity index (χ0n) is 14.3. The molecular formula is C17H25NO6. The van der Waals surface area contributed by atoms with E-state index in [1.165, 1.54) is 6.92 Å². The summed E-state index contributed by atoms with van der Waals surface area (Å²) in [5.74, 6) is -1.20. The van der Waals surface area contributed by atoms with Gasteiger partial charge < -0.3 is 19.7 Å². The summed E-state index contributed by atoms with van der Waals surface area (Å²) in [7, 11) is 0. The van der Waals surface area contributed by atoms with Crippen LogP contribution in [0.1, 0.15) is 27.2 Å². The summed E-state index contributed by atoms with van der Waals surface area (Å²) in [4.78, 5) is 25.8. The quantitative estimate of drug-likeness (QED) is 0.404. The smallest absolute Gasteiger partial charge is 0.338 e. The van der Waals surface area contributed by atoms with E-state index in [0.717, 1.165) is 18.5 Å². The maximum atomic E-state index is 12.0. The lowest BCUT2D eigenvalue weighted by Crippen LogP contribution is -2.38. The van der Waals surface area contributed by atoms with Crippen molar-refractivity contribution in [3.63, 3.8) is 0 Å². The summed E-state index contributed by atoms with van der Waals surface area (Å²) in [6, 6.07) is -0.102. The van der Waals surface area contributed by atoms with Crippen LogP contribution in [0.5, 0.6) is 0 Å². The van der Waals surface area contributed by atoms with Gasteiger partial charge in [0, 0.05) is 18.7 Å². The molecule has 0 radical (unpaired) electrons. The van der Waals surface area contributed by atoms with Gasteiger partial charge in [-0.05, 0) is 32.8 Å². The molecule has 7 heteroatoms. The Balaban J connectivity index is 1.95. The first-order valence-corrected chi connectivity index (χ1v) is 8.14. The van der Waals surface area contributed by atoms with Crippen LogP contribution < -0.4 is 0 Å². The van der Waals surface area contributed by atoms with Crippen LogP contribution in [0.15, 0.2) is 23.3 Å². The van der Waals surface area contributed by atoms with Gasteiger partial charge in [0.25, 0.3) is 0 Å². The SMILES string of the molecule is C/C=C(\C)C(=O)O[C@@H]1CCN2CC=C(COC(=O)[C@H](O)[C@@H](C)O)[C@@H]12. The van der Waals surface area contributed by atoms with Gasteiger partial charge in [0.2, 0.25) is 0 Å². The summed E-state index contributed by atoms with van der Waals surface area (Å²) in [5.41, 5.74) is 1.41. The van der Waals surface area contributed by atoms with Crippen molar-refractivity contribution in [1.29, 1.82) is 0 Å². The second-order valence-corrected chi connectivity index (χ2v) is 6.22. The highest BCUT2D eigenvalue weighted by atomic mass is 16.6. The molecule has 1 saturated heterocycles. The van der Waals surface area contributed by atoms with E-state index in [1.807, 2.05) is 6.08 Å². The number of carbonyl (C=O) groups is 2. The number of fused-ring (bicyclic) bond motifs is 1. The van der Waals surface area contributed by atoms with Crippen LogP contribution >= 0.6 is 0 Å². The van der Waals surface area contributed by atoms with Crippen LogP contribution in [0.2, 0.25) is 0 Å². The molecule has 0 bridgehead atoms. The molecule has 24 heavy (non-hydrogen) atoms. The van der Waals surface area contributed by atoms with Crippen molar-refractivity contribution < 1.29 is 29.3 Å². The number of carbonyl (C=O) groups excluding carboxylic acids is 2. The van der Waals surface area contributed by atoms with Gasteiger partial charge in [0.1, 0.15) is 12.7 Å². The van der Waals surface area contributed by atoms with Gasteiger partial charge in [-0.3, -0.25) is 4.90 Å². The van der Waals surface area contributed by atoms with E-state index in [1.54, 1.807) is 19.9 Å². The molecule has 134 valence electrons. The highest BCUT2D eigenvalue weighted by Gasteiger charge is 2.42. The molecule has 0 saturated carbocycles. The number of aliphatic hydroxyl groups excluding tert-OH is 2. The monoisotopic (exact) mass is 339 g/mol. The van der Waals surface area contributed by atoms with Gasteiger partial charge in [0.15, 0.2) is 6.10 Å². The fourth-order valence-corrected chi connectivity index (χ4v) is 2.91. The number of rotatable bonds is 6. The predicted octanol–water partition coefficient (Wildman–Crippen LogP) is 0.164. The summed E-state index contributed by atoms with van der Waals surface area (Å²) in [6.45, 7) is 6.35. The molecule has 2 rings (SSSR count). The standard InChI is InChI=1S/C17H25NO6/c1-4-10(2)16(21)24-13-6-8-18-7-5-12(14(13)18)9-23-17(22)15(20)11(3)19/h4-5,11,13-15,19-20H,6-9H2,1-3H3/b10-4+/t11-,13-,14+,15-/m1/s1. The Morgan fingerprint density at radius 3 is 2.79 bits per heavy atom. The molecule has 1 fully saturated rings. The molecular weight excluding hydrogens is 314 g/mol. The third kappa shape index (κ3) is 4.03. The van der Waals surface area contributed by atoms with Crippen molar-refractivity contribution in [1.82, 2.24) is 4.90 Å². The lowest BCUT2D eigenvalue weighted by molar-refractivity contribution is -0.158. The van der Waals surface area contributed by atoms with Crippen molar-refractivity contribution in [3.05, 3.63) is 23.3 Å². The summed E-state index contributed by atoms with van der Waals surface area (Å²) in [6.07, 6.45) is 1.37. The van der Waals surface area contributed by atoms with E-state index in [4.69, 9.17) is 9.47 Å². The van der Waals surface area contributed by atoms with E-state index in [-0.39, 0.29) is 24.7 Å². The van der Waals surface area contributed by atoms with E-state index < -0.39 is 18.2 Å². The van der Waals surface area contributed by atoms with Crippen molar-refractivity contribution >= 4 is 11.9 Å². The van der Waals surface area contributed by atoms with Crippen LogP contribution in [0.3, 0.4) is 0 Å². The van der Waals surface area contributed by atoms with Crippen molar-refractivity contribution in [2.24, 2.45) is 0 Å². The Hall–Kier alpha value is -1.70. The second kappa shape index (κ2) is 7.92. The molecule has 0 spiro atoms. The average molecular weight is 339 g/mol. The first-order chi connectivity index (χ1) is 11.3. The topological polar surface area (TPSA) is 96.3 Å². The molecule has 0 aromatic carbocycles. The molecule has 2 aliphatic rings. The van der Waals surface area contributed by atoms with Crippen LogP contribution in [-0.4, -0.2) is 71.1 Å². The maximum Gasteiger partial charge on any atom is 0.338 e. The van der Waals surface area contributed by atoms with Gasteiger partial charge in [0.05, 0.1) is 12.1 Å². The summed E-state index contributed by atoms with van der Waals surface area (Å²) < 4.78 is 10.7. The third-order valence-corrected chi connectivity index (χ3v) is 4.51. The minimum Gasteiger partial charge on any atom is -0.459 e. The number of esters is 2. The van der Waals surface area contributed by atoms with E-state index in [9.17, 15) is 19.8 Å². The number of aliphatic hydroxyl groups is 2. The van der Waals surface area contributed by atoms with Gasteiger partial charge in [-0.25, -0.2) is 9.59 Å². The van der Waals surface area contributed by atoms with E-state index >= 15 is 0 Å². The van der Waals surface area contributed by atoms with Crippen LogP contribution in [0.4, 0.5) is 0 Å². The molecule has 0 amide bonds. The first-order valence-electron chi connectivity index (χ1n) is 8.14. The van der Waals surface area contributed by atoms with E-state index in [2.05, 4.69) is 4.90 Å². The molecule has 2 aliphatic heterocycles. The zero-order valence-corrected chi connectivity index (χ0v) is 14.3. The Morgan fingerprint density at radius 2 is 2.17 bits per heavy atom.